The highest BCUT2D eigenvalue weighted by molar-refractivity contribution is 5.67. The second-order valence-electron chi connectivity index (χ2n) is 4.59. The number of hydrogen-bond donors (Lipinski definition) is 7. The lowest BCUT2D eigenvalue weighted by Crippen LogP contribution is -2.28. The predicted octanol–water partition coefficient (Wildman–Crippen LogP) is 0.264. The SMILES string of the molecule is CCCC(=O)O.CCCC(=O)O.CCCC(=O)O.OCC(O)C(O)O. The molecular formula is C15H32O10. The summed E-state index contributed by atoms with van der Waals surface area (Å²) in [5.41, 5.74) is 0. The van der Waals surface area contributed by atoms with Gasteiger partial charge in [0.1, 0.15) is 6.10 Å². The topological polar surface area (TPSA) is 193 Å². The van der Waals surface area contributed by atoms with E-state index in [9.17, 15) is 14.4 Å². The molecule has 0 fully saturated rings. The molecule has 0 saturated heterocycles. The Bertz CT molecular complexity index is 279. The minimum atomic E-state index is -1.83. The van der Waals surface area contributed by atoms with Gasteiger partial charge in [0.25, 0.3) is 0 Å². The standard InChI is InChI=1S/3C4H8O2.C3H8O4/c3*1-2-3-4(5)6;4-1-2(5)3(6)7/h3*2-3H2,1H3,(H,5,6);2-7H,1H2. The van der Waals surface area contributed by atoms with Crippen molar-refractivity contribution < 1.29 is 50.1 Å². The lowest BCUT2D eigenvalue weighted by atomic mass is 10.4. The molecule has 0 rings (SSSR count). The van der Waals surface area contributed by atoms with E-state index < -0.39 is 36.9 Å². The van der Waals surface area contributed by atoms with Crippen molar-refractivity contribution in [2.45, 2.75) is 71.7 Å². The third-order valence-electron chi connectivity index (χ3n) is 1.92. The van der Waals surface area contributed by atoms with E-state index >= 15 is 0 Å². The number of aliphatic hydroxyl groups excluding tert-OH is 3. The van der Waals surface area contributed by atoms with E-state index in [0.717, 1.165) is 19.3 Å². The summed E-state index contributed by atoms with van der Waals surface area (Å²) >= 11 is 0. The van der Waals surface area contributed by atoms with E-state index in [4.69, 9.17) is 35.7 Å². The summed E-state index contributed by atoms with van der Waals surface area (Å²) in [5, 5.41) is 55.8. The third kappa shape index (κ3) is 52.0. The van der Waals surface area contributed by atoms with Gasteiger partial charge in [-0.15, -0.1) is 0 Å². The number of aliphatic carboxylic acids is 3. The Kier molecular flexibility index (Phi) is 30.4. The first kappa shape index (κ1) is 31.1. The van der Waals surface area contributed by atoms with Crippen LogP contribution in [0.15, 0.2) is 0 Å². The van der Waals surface area contributed by atoms with Gasteiger partial charge < -0.3 is 35.7 Å². The molecule has 0 amide bonds. The summed E-state index contributed by atoms with van der Waals surface area (Å²) in [5.74, 6) is -2.13. The van der Waals surface area contributed by atoms with E-state index in [-0.39, 0.29) is 0 Å². The van der Waals surface area contributed by atoms with E-state index in [1.54, 1.807) is 0 Å². The Hall–Kier alpha value is -1.75. The van der Waals surface area contributed by atoms with Gasteiger partial charge in [-0.05, 0) is 19.3 Å². The molecule has 1 atom stereocenters. The Balaban J connectivity index is -0.000000118. The van der Waals surface area contributed by atoms with Gasteiger partial charge in [0, 0.05) is 19.3 Å². The molecule has 10 nitrogen and oxygen atoms in total. The maximum absolute atomic E-state index is 9.60. The molecule has 0 bridgehead atoms. The van der Waals surface area contributed by atoms with Crippen LogP contribution in [-0.2, 0) is 14.4 Å². The Morgan fingerprint density at radius 3 is 0.920 bits per heavy atom. The molecule has 1 unspecified atom stereocenters. The monoisotopic (exact) mass is 372 g/mol. The van der Waals surface area contributed by atoms with E-state index in [1.807, 2.05) is 20.8 Å². The van der Waals surface area contributed by atoms with Crippen LogP contribution in [0.1, 0.15) is 59.3 Å². The van der Waals surface area contributed by atoms with Crippen molar-refractivity contribution in [2.75, 3.05) is 6.61 Å². The van der Waals surface area contributed by atoms with E-state index in [0.29, 0.717) is 19.3 Å². The molecule has 152 valence electrons. The number of aliphatic hydroxyl groups is 4. The normalized spacial score (nSPS) is 10.1. The number of carboxylic acids is 3. The van der Waals surface area contributed by atoms with Crippen molar-refractivity contribution in [3.8, 4) is 0 Å². The molecular weight excluding hydrogens is 340 g/mol. The highest BCUT2D eigenvalue weighted by atomic mass is 16.5. The van der Waals surface area contributed by atoms with Crippen molar-refractivity contribution >= 4 is 17.9 Å². The number of carboxylic acid groups (broad SMARTS) is 3. The van der Waals surface area contributed by atoms with Gasteiger partial charge >= 0.3 is 17.9 Å². The zero-order valence-corrected chi connectivity index (χ0v) is 15.0. The van der Waals surface area contributed by atoms with Gasteiger partial charge in [-0.3, -0.25) is 14.4 Å². The van der Waals surface area contributed by atoms with Gasteiger partial charge in [0.15, 0.2) is 6.29 Å². The second kappa shape index (κ2) is 24.5. The molecule has 25 heavy (non-hydrogen) atoms. The number of hydrogen-bond acceptors (Lipinski definition) is 7. The van der Waals surface area contributed by atoms with Crippen molar-refractivity contribution in [3.05, 3.63) is 0 Å². The molecule has 0 aliphatic rings. The van der Waals surface area contributed by atoms with Crippen LogP contribution in [0.25, 0.3) is 0 Å². The largest absolute Gasteiger partial charge is 0.481 e. The zero-order chi connectivity index (χ0) is 20.8. The van der Waals surface area contributed by atoms with Crippen LogP contribution in [0.5, 0.6) is 0 Å². The molecule has 0 spiro atoms. The Morgan fingerprint density at radius 1 is 0.680 bits per heavy atom. The van der Waals surface area contributed by atoms with Gasteiger partial charge in [-0.2, -0.15) is 0 Å². The first-order valence-corrected chi connectivity index (χ1v) is 7.80. The maximum atomic E-state index is 9.60. The van der Waals surface area contributed by atoms with Crippen LogP contribution in [0, 0.1) is 0 Å². The van der Waals surface area contributed by atoms with Crippen LogP contribution < -0.4 is 0 Å². The minimum absolute atomic E-state index is 0.292. The van der Waals surface area contributed by atoms with Crippen molar-refractivity contribution in [2.24, 2.45) is 0 Å². The minimum Gasteiger partial charge on any atom is -0.481 e. The van der Waals surface area contributed by atoms with Crippen LogP contribution in [0.2, 0.25) is 0 Å². The predicted molar refractivity (Wildman–Crippen MR) is 88.9 cm³/mol. The van der Waals surface area contributed by atoms with Crippen LogP contribution in [0.4, 0.5) is 0 Å². The van der Waals surface area contributed by atoms with E-state index in [1.165, 1.54) is 0 Å². The van der Waals surface area contributed by atoms with Crippen molar-refractivity contribution in [3.63, 3.8) is 0 Å². The first-order valence-electron chi connectivity index (χ1n) is 7.80. The quantitative estimate of drug-likeness (QED) is 0.291. The maximum Gasteiger partial charge on any atom is 0.303 e. The van der Waals surface area contributed by atoms with Gasteiger partial charge in [-0.25, -0.2) is 0 Å². The first-order chi connectivity index (χ1) is 11.5. The molecule has 10 heteroatoms. The average molecular weight is 372 g/mol. The van der Waals surface area contributed by atoms with Gasteiger partial charge in [-0.1, -0.05) is 20.8 Å². The summed E-state index contributed by atoms with van der Waals surface area (Å²) in [6, 6.07) is 0. The molecule has 0 aromatic rings. The summed E-state index contributed by atoms with van der Waals surface area (Å²) in [6.45, 7) is 4.90. The zero-order valence-electron chi connectivity index (χ0n) is 15.0. The van der Waals surface area contributed by atoms with Crippen LogP contribution in [-0.4, -0.2) is 72.7 Å². The second-order valence-corrected chi connectivity index (χ2v) is 4.59. The van der Waals surface area contributed by atoms with Crippen molar-refractivity contribution in [1.82, 2.24) is 0 Å². The molecule has 0 radical (unpaired) electrons. The van der Waals surface area contributed by atoms with Crippen LogP contribution >= 0.6 is 0 Å². The fourth-order valence-electron chi connectivity index (χ4n) is 0.736. The summed E-state index contributed by atoms with van der Waals surface area (Å²) in [4.78, 5) is 28.8. The fourth-order valence-corrected chi connectivity index (χ4v) is 0.736. The third-order valence-corrected chi connectivity index (χ3v) is 1.92. The van der Waals surface area contributed by atoms with Gasteiger partial charge in [0.05, 0.1) is 6.61 Å². The smallest absolute Gasteiger partial charge is 0.303 e. The molecule has 0 aliphatic carbocycles. The molecule has 7 N–H and O–H groups in total. The lowest BCUT2D eigenvalue weighted by Gasteiger charge is -2.06. The molecule has 0 saturated carbocycles. The average Bonchev–Trinajstić information content (AvgIpc) is 2.47. The van der Waals surface area contributed by atoms with Crippen molar-refractivity contribution in [1.29, 1.82) is 0 Å². The highest BCUT2D eigenvalue weighted by Crippen LogP contribution is 1.84. The summed E-state index contributed by atoms with van der Waals surface area (Å²) in [6.07, 6.45) is -0.190. The number of carbonyl (C=O) groups is 3. The highest BCUT2D eigenvalue weighted by Gasteiger charge is 2.08. The summed E-state index contributed by atoms with van der Waals surface area (Å²) in [7, 11) is 0. The van der Waals surface area contributed by atoms with E-state index in [2.05, 4.69) is 0 Å². The van der Waals surface area contributed by atoms with Gasteiger partial charge in [0.2, 0.25) is 0 Å². The number of rotatable bonds is 8. The molecule has 0 aliphatic heterocycles. The van der Waals surface area contributed by atoms with Crippen LogP contribution in [0.3, 0.4) is 0 Å². The Labute approximate surface area is 147 Å². The molecule has 0 aromatic carbocycles. The molecule has 0 heterocycles. The fraction of sp³-hybridized carbons (Fsp3) is 0.800. The Morgan fingerprint density at radius 2 is 0.920 bits per heavy atom. The summed E-state index contributed by atoms with van der Waals surface area (Å²) < 4.78 is 0. The lowest BCUT2D eigenvalue weighted by molar-refractivity contribution is -0.138. The molecule has 0 aromatic heterocycles.